The molecule has 0 fully saturated rings. The Morgan fingerprint density at radius 2 is 1.90 bits per heavy atom. The third kappa shape index (κ3) is 3.83. The van der Waals surface area contributed by atoms with Crippen LogP contribution < -0.4 is 10.4 Å². The second-order valence-electron chi connectivity index (χ2n) is 7.24. The van der Waals surface area contributed by atoms with E-state index in [2.05, 4.69) is 52.5 Å². The minimum Gasteiger partial charge on any atom is -0.449 e. The van der Waals surface area contributed by atoms with E-state index in [0.29, 0.717) is 6.54 Å². The summed E-state index contributed by atoms with van der Waals surface area (Å²) in [6.07, 6.45) is 3.89. The quantitative estimate of drug-likeness (QED) is 0.458. The van der Waals surface area contributed by atoms with Crippen molar-refractivity contribution in [1.29, 1.82) is 0 Å². The van der Waals surface area contributed by atoms with Gasteiger partial charge in [0, 0.05) is 37.6 Å². The lowest BCUT2D eigenvalue weighted by molar-refractivity contribution is 0.615. The molecule has 154 valence electrons. The summed E-state index contributed by atoms with van der Waals surface area (Å²) in [5.41, 5.74) is 4.67. The van der Waals surface area contributed by atoms with Crippen molar-refractivity contribution < 1.29 is 5.02 Å². The van der Waals surface area contributed by atoms with Gasteiger partial charge in [0.1, 0.15) is 11.6 Å². The molecule has 3 aromatic heterocycles. The Labute approximate surface area is 177 Å². The maximum absolute atomic E-state index is 9.52. The van der Waals surface area contributed by atoms with Gasteiger partial charge in [-0.15, -0.1) is 0 Å². The van der Waals surface area contributed by atoms with E-state index in [0.717, 1.165) is 59.0 Å². The van der Waals surface area contributed by atoms with Crippen molar-refractivity contribution in [2.45, 2.75) is 33.9 Å². The smallest absolute Gasteiger partial charge is 0.304 e. The summed E-state index contributed by atoms with van der Waals surface area (Å²) in [5.74, 6) is 1.82. The van der Waals surface area contributed by atoms with Gasteiger partial charge in [-0.1, -0.05) is 11.5 Å². The lowest BCUT2D eigenvalue weighted by Crippen LogP contribution is -2.22. The van der Waals surface area contributed by atoms with Gasteiger partial charge in [-0.2, -0.15) is 5.10 Å². The molecule has 0 aliphatic rings. The van der Waals surface area contributed by atoms with Crippen LogP contribution in [-0.2, 0) is 13.1 Å². The van der Waals surface area contributed by atoms with Gasteiger partial charge in [0.2, 0.25) is 0 Å². The summed E-state index contributed by atoms with van der Waals surface area (Å²) >= 11 is 0. The topological polar surface area (TPSA) is 72.0 Å². The second kappa shape index (κ2) is 8.71. The predicted molar refractivity (Wildman–Crippen MR) is 123 cm³/mol. The second-order valence-corrected chi connectivity index (χ2v) is 7.24. The van der Waals surface area contributed by atoms with E-state index >= 15 is 0 Å². The first kappa shape index (κ1) is 20.2. The van der Waals surface area contributed by atoms with E-state index in [-0.39, 0.29) is 7.48 Å². The number of rotatable bonds is 8. The first-order valence-corrected chi connectivity index (χ1v) is 10.5. The molecule has 7 nitrogen and oxygen atoms in total. The molecule has 0 atom stereocenters. The number of imidazole rings is 1. The number of pyridine rings is 1. The summed E-state index contributed by atoms with van der Waals surface area (Å²) in [6, 6.07) is 12.1. The van der Waals surface area contributed by atoms with E-state index in [1.54, 1.807) is 0 Å². The molecule has 0 bridgehead atoms. The van der Waals surface area contributed by atoms with Crippen LogP contribution in [0.2, 0.25) is 0 Å². The largest absolute Gasteiger partial charge is 0.449 e. The summed E-state index contributed by atoms with van der Waals surface area (Å²) in [7, 11) is -0.000831. The molecule has 30 heavy (non-hydrogen) atoms. The number of hydrogen-bond donors (Lipinski definition) is 1. The summed E-state index contributed by atoms with van der Waals surface area (Å²) in [4.78, 5) is 11.8. The van der Waals surface area contributed by atoms with E-state index in [4.69, 9.17) is 4.98 Å². The number of aromatic nitrogens is 5. The lowest BCUT2D eigenvalue weighted by atomic mass is 9.89. The van der Waals surface area contributed by atoms with Gasteiger partial charge in [0.15, 0.2) is 0 Å². The van der Waals surface area contributed by atoms with E-state index < -0.39 is 0 Å². The van der Waals surface area contributed by atoms with Crippen LogP contribution in [-0.4, -0.2) is 49.9 Å². The Balaban J connectivity index is 1.79. The Morgan fingerprint density at radius 3 is 2.53 bits per heavy atom. The number of fused-ring (bicyclic) bond motifs is 1. The molecule has 0 amide bonds. The van der Waals surface area contributed by atoms with Crippen LogP contribution >= 0.6 is 0 Å². The average molecular weight is 402 g/mol. The van der Waals surface area contributed by atoms with Gasteiger partial charge in [-0.05, 0) is 51.1 Å². The standard InChI is InChI=1S/C22H27BN6O/c1-4-27(5-2)21-10-7-16(14-24-21)22-25-19-13-17(23-30)8-9-20(19)29(22)15-18-11-12-28(6-3)26-18/h7-14,23,30H,4-6,15H2,1-3H3. The molecule has 0 aliphatic carbocycles. The Kier molecular flexibility index (Phi) is 5.85. The van der Waals surface area contributed by atoms with Crippen LogP contribution in [0.5, 0.6) is 0 Å². The highest BCUT2D eigenvalue weighted by molar-refractivity contribution is 6.45. The third-order valence-electron chi connectivity index (χ3n) is 5.43. The minimum absolute atomic E-state index is 0.000831. The zero-order valence-corrected chi connectivity index (χ0v) is 17.8. The molecule has 1 aromatic carbocycles. The first-order valence-electron chi connectivity index (χ1n) is 10.5. The van der Waals surface area contributed by atoms with Gasteiger partial charge in [0.05, 0.1) is 23.3 Å². The van der Waals surface area contributed by atoms with Crippen molar-refractivity contribution in [2.24, 2.45) is 0 Å². The van der Waals surface area contributed by atoms with E-state index in [1.165, 1.54) is 0 Å². The van der Waals surface area contributed by atoms with Crippen molar-refractivity contribution in [2.75, 3.05) is 18.0 Å². The van der Waals surface area contributed by atoms with Crippen LogP contribution in [0.15, 0.2) is 48.8 Å². The zero-order chi connectivity index (χ0) is 21.1. The van der Waals surface area contributed by atoms with Crippen LogP contribution in [0.4, 0.5) is 5.82 Å². The molecule has 3 heterocycles. The molecule has 0 unspecified atom stereocenters. The zero-order valence-electron chi connectivity index (χ0n) is 17.8. The molecule has 8 heteroatoms. The summed E-state index contributed by atoms with van der Waals surface area (Å²) in [5, 5.41) is 14.2. The molecule has 0 saturated carbocycles. The number of nitrogens with zero attached hydrogens (tertiary/aromatic N) is 6. The van der Waals surface area contributed by atoms with Gasteiger partial charge in [-0.3, -0.25) is 4.68 Å². The van der Waals surface area contributed by atoms with Crippen molar-refractivity contribution >= 4 is 29.8 Å². The number of aryl methyl sites for hydroxylation is 1. The van der Waals surface area contributed by atoms with Crippen LogP contribution in [0.1, 0.15) is 26.5 Å². The van der Waals surface area contributed by atoms with Crippen molar-refractivity contribution in [3.8, 4) is 11.4 Å². The minimum atomic E-state index is -0.000831. The summed E-state index contributed by atoms with van der Waals surface area (Å²) < 4.78 is 4.10. The number of benzene rings is 1. The average Bonchev–Trinajstić information content (AvgIpc) is 3.39. The number of hydrogen-bond acceptors (Lipinski definition) is 5. The van der Waals surface area contributed by atoms with E-state index in [9.17, 15) is 5.02 Å². The maximum Gasteiger partial charge on any atom is 0.304 e. The Morgan fingerprint density at radius 1 is 1.07 bits per heavy atom. The fourth-order valence-electron chi connectivity index (χ4n) is 3.73. The van der Waals surface area contributed by atoms with E-state index in [1.807, 2.05) is 41.3 Å². The molecular formula is C22H27BN6O. The molecule has 1 N–H and O–H groups in total. The fraction of sp³-hybridized carbons (Fsp3) is 0.318. The number of anilines is 1. The van der Waals surface area contributed by atoms with Gasteiger partial charge in [0.25, 0.3) is 0 Å². The normalized spacial score (nSPS) is 11.2. The third-order valence-corrected chi connectivity index (χ3v) is 5.43. The van der Waals surface area contributed by atoms with Gasteiger partial charge < -0.3 is 14.5 Å². The van der Waals surface area contributed by atoms with Gasteiger partial charge in [-0.25, -0.2) is 9.97 Å². The van der Waals surface area contributed by atoms with Crippen LogP contribution in [0.25, 0.3) is 22.4 Å². The monoisotopic (exact) mass is 402 g/mol. The molecule has 4 rings (SSSR count). The molecule has 0 radical (unpaired) electrons. The van der Waals surface area contributed by atoms with Crippen molar-refractivity contribution in [3.05, 3.63) is 54.5 Å². The molecule has 0 aliphatic heterocycles. The molecular weight excluding hydrogens is 375 g/mol. The van der Waals surface area contributed by atoms with Gasteiger partial charge >= 0.3 is 7.48 Å². The highest BCUT2D eigenvalue weighted by Crippen LogP contribution is 2.26. The lowest BCUT2D eigenvalue weighted by Gasteiger charge is -2.19. The highest BCUT2D eigenvalue weighted by Gasteiger charge is 2.16. The highest BCUT2D eigenvalue weighted by atomic mass is 16.2. The Bertz CT molecular complexity index is 1130. The van der Waals surface area contributed by atoms with Crippen molar-refractivity contribution in [3.63, 3.8) is 0 Å². The first-order chi connectivity index (χ1) is 14.7. The molecule has 4 aromatic rings. The predicted octanol–water partition coefficient (Wildman–Crippen LogP) is 2.18. The van der Waals surface area contributed by atoms with Crippen molar-refractivity contribution in [1.82, 2.24) is 24.3 Å². The molecule has 0 spiro atoms. The maximum atomic E-state index is 9.52. The SMILES string of the molecule is CCN(CC)c1ccc(-c2nc3cc(BO)ccc3n2Cc2ccn(CC)n2)cn1. The summed E-state index contributed by atoms with van der Waals surface area (Å²) in [6.45, 7) is 9.65. The fourth-order valence-corrected chi connectivity index (χ4v) is 3.73. The molecule has 0 saturated heterocycles. The Hall–Kier alpha value is -3.13. The van der Waals surface area contributed by atoms with Crippen LogP contribution in [0.3, 0.4) is 0 Å². The van der Waals surface area contributed by atoms with Crippen LogP contribution in [0, 0.1) is 0 Å².